The van der Waals surface area contributed by atoms with Gasteiger partial charge < -0.3 is 10.4 Å². The van der Waals surface area contributed by atoms with Crippen LogP contribution in [0.15, 0.2) is 12.3 Å². The summed E-state index contributed by atoms with van der Waals surface area (Å²) in [5.74, 6) is 0. The molecule has 80 valence electrons. The molecule has 14 heavy (non-hydrogen) atoms. The van der Waals surface area contributed by atoms with Crippen LogP contribution in [0.3, 0.4) is 0 Å². The fraction of sp³-hybridized carbons (Fsp3) is 0.700. The zero-order valence-electron chi connectivity index (χ0n) is 9.12. The topological polar surface area (TPSA) is 50.1 Å². The first kappa shape index (κ1) is 11.2. The van der Waals surface area contributed by atoms with E-state index in [1.54, 1.807) is 20.0 Å². The lowest BCUT2D eigenvalue weighted by Crippen LogP contribution is -2.34. The Balaban J connectivity index is 2.38. The number of aromatic nitrogens is 2. The van der Waals surface area contributed by atoms with Crippen LogP contribution in [-0.4, -0.2) is 27.0 Å². The second kappa shape index (κ2) is 4.57. The van der Waals surface area contributed by atoms with E-state index in [1.807, 2.05) is 10.7 Å². The summed E-state index contributed by atoms with van der Waals surface area (Å²) in [4.78, 5) is 0. The van der Waals surface area contributed by atoms with Crippen LogP contribution in [0.2, 0.25) is 0 Å². The third-order valence-electron chi connectivity index (χ3n) is 1.97. The molecule has 1 heterocycles. The van der Waals surface area contributed by atoms with Gasteiger partial charge in [0.15, 0.2) is 0 Å². The molecule has 0 saturated carbocycles. The highest BCUT2D eigenvalue weighted by Gasteiger charge is 2.11. The van der Waals surface area contributed by atoms with Gasteiger partial charge in [0.2, 0.25) is 0 Å². The predicted octanol–water partition coefficient (Wildman–Crippen LogP) is 0.763. The molecular weight excluding hydrogens is 178 g/mol. The number of nitrogens with zero attached hydrogens (tertiary/aromatic N) is 2. The summed E-state index contributed by atoms with van der Waals surface area (Å²) in [5, 5.41) is 16.8. The zero-order valence-corrected chi connectivity index (χ0v) is 9.12. The molecule has 0 saturated heterocycles. The predicted molar refractivity (Wildman–Crippen MR) is 55.9 cm³/mol. The number of aliphatic hydroxyl groups is 1. The molecule has 1 aromatic rings. The minimum atomic E-state index is -0.656. The van der Waals surface area contributed by atoms with Crippen molar-refractivity contribution in [3.05, 3.63) is 18.0 Å². The first-order chi connectivity index (χ1) is 6.53. The number of nitrogens with one attached hydrogen (secondary N) is 1. The smallest absolute Gasteiger partial charge is 0.0715 e. The molecule has 0 spiro atoms. The summed E-state index contributed by atoms with van der Waals surface area (Å²) in [6.07, 6.45) is 1.80. The summed E-state index contributed by atoms with van der Waals surface area (Å²) >= 11 is 0. The van der Waals surface area contributed by atoms with Crippen molar-refractivity contribution in [3.63, 3.8) is 0 Å². The van der Waals surface area contributed by atoms with Gasteiger partial charge in [0.1, 0.15) is 0 Å². The maximum Gasteiger partial charge on any atom is 0.0715 e. The van der Waals surface area contributed by atoms with Gasteiger partial charge in [-0.25, -0.2) is 0 Å². The van der Waals surface area contributed by atoms with Crippen molar-refractivity contribution in [1.29, 1.82) is 0 Å². The fourth-order valence-corrected chi connectivity index (χ4v) is 1.29. The van der Waals surface area contributed by atoms with Crippen LogP contribution in [0.5, 0.6) is 0 Å². The first-order valence-corrected chi connectivity index (χ1v) is 4.96. The molecule has 4 heteroatoms. The average Bonchev–Trinajstić information content (AvgIpc) is 2.49. The second-order valence-corrected chi connectivity index (χ2v) is 4.05. The zero-order chi connectivity index (χ0) is 10.6. The van der Waals surface area contributed by atoms with Crippen LogP contribution in [0.1, 0.15) is 26.5 Å². The lowest BCUT2D eigenvalue weighted by atomic mass is 10.1. The Hall–Kier alpha value is -0.870. The standard InChI is InChI=1S/C10H19N3O/c1-4-13-9(5-6-12-13)7-11-8-10(2,3)14/h5-6,11,14H,4,7-8H2,1-3H3. The van der Waals surface area contributed by atoms with Gasteiger partial charge in [-0.15, -0.1) is 0 Å². The third-order valence-corrected chi connectivity index (χ3v) is 1.97. The van der Waals surface area contributed by atoms with Gasteiger partial charge >= 0.3 is 0 Å². The summed E-state index contributed by atoms with van der Waals surface area (Å²) in [7, 11) is 0. The lowest BCUT2D eigenvalue weighted by Gasteiger charge is -2.17. The normalized spacial score (nSPS) is 12.0. The van der Waals surface area contributed by atoms with Crippen LogP contribution in [-0.2, 0) is 13.1 Å². The molecule has 0 radical (unpaired) electrons. The maximum atomic E-state index is 9.49. The molecule has 4 nitrogen and oxygen atoms in total. The lowest BCUT2D eigenvalue weighted by molar-refractivity contribution is 0.0793. The van der Waals surface area contributed by atoms with E-state index >= 15 is 0 Å². The summed E-state index contributed by atoms with van der Waals surface area (Å²) in [5.41, 5.74) is 0.494. The first-order valence-electron chi connectivity index (χ1n) is 4.96. The third kappa shape index (κ3) is 3.47. The van der Waals surface area contributed by atoms with Crippen molar-refractivity contribution >= 4 is 0 Å². The van der Waals surface area contributed by atoms with Crippen LogP contribution in [0.4, 0.5) is 0 Å². The van der Waals surface area contributed by atoms with Crippen molar-refractivity contribution in [1.82, 2.24) is 15.1 Å². The quantitative estimate of drug-likeness (QED) is 0.733. The highest BCUT2D eigenvalue weighted by molar-refractivity contribution is 4.99. The molecule has 1 aromatic heterocycles. The fourth-order valence-electron chi connectivity index (χ4n) is 1.29. The van der Waals surface area contributed by atoms with Gasteiger partial charge in [0, 0.05) is 25.8 Å². The van der Waals surface area contributed by atoms with Crippen molar-refractivity contribution in [2.24, 2.45) is 0 Å². The van der Waals surface area contributed by atoms with Gasteiger partial charge in [0.25, 0.3) is 0 Å². The molecule has 0 amide bonds. The minimum Gasteiger partial charge on any atom is -0.389 e. The van der Waals surface area contributed by atoms with Crippen LogP contribution in [0, 0.1) is 0 Å². The molecule has 0 aliphatic carbocycles. The molecule has 0 aliphatic rings. The van der Waals surface area contributed by atoms with E-state index in [2.05, 4.69) is 17.3 Å². The van der Waals surface area contributed by atoms with E-state index in [-0.39, 0.29) is 0 Å². The van der Waals surface area contributed by atoms with E-state index in [1.165, 1.54) is 0 Å². The van der Waals surface area contributed by atoms with Gasteiger partial charge in [-0.1, -0.05) is 0 Å². The Bertz CT molecular complexity index is 275. The number of hydrogen-bond acceptors (Lipinski definition) is 3. The monoisotopic (exact) mass is 197 g/mol. The molecule has 0 aromatic carbocycles. The Morgan fingerprint density at radius 1 is 1.57 bits per heavy atom. The maximum absolute atomic E-state index is 9.49. The van der Waals surface area contributed by atoms with Crippen molar-refractivity contribution in [2.45, 2.75) is 39.5 Å². The molecule has 1 rings (SSSR count). The Morgan fingerprint density at radius 2 is 2.29 bits per heavy atom. The Labute approximate surface area is 84.9 Å². The van der Waals surface area contributed by atoms with Crippen molar-refractivity contribution in [3.8, 4) is 0 Å². The minimum absolute atomic E-state index is 0.585. The van der Waals surface area contributed by atoms with E-state index in [4.69, 9.17) is 0 Å². The van der Waals surface area contributed by atoms with Crippen molar-refractivity contribution in [2.75, 3.05) is 6.54 Å². The molecule has 0 unspecified atom stereocenters. The highest BCUT2D eigenvalue weighted by atomic mass is 16.3. The number of rotatable bonds is 5. The average molecular weight is 197 g/mol. The summed E-state index contributed by atoms with van der Waals surface area (Å²) in [6.45, 7) is 7.85. The molecule has 0 fully saturated rings. The highest BCUT2D eigenvalue weighted by Crippen LogP contribution is 2.01. The number of aryl methyl sites for hydroxylation is 1. The van der Waals surface area contributed by atoms with Crippen LogP contribution < -0.4 is 5.32 Å². The van der Waals surface area contributed by atoms with Gasteiger partial charge in [-0.3, -0.25) is 4.68 Å². The molecule has 2 N–H and O–H groups in total. The molecule has 0 aliphatic heterocycles. The largest absolute Gasteiger partial charge is 0.389 e. The van der Waals surface area contributed by atoms with Gasteiger partial charge in [-0.2, -0.15) is 5.10 Å². The van der Waals surface area contributed by atoms with Crippen LogP contribution >= 0.6 is 0 Å². The Kier molecular flexibility index (Phi) is 3.66. The second-order valence-electron chi connectivity index (χ2n) is 4.05. The molecule has 0 atom stereocenters. The molecule has 0 bridgehead atoms. The van der Waals surface area contributed by atoms with E-state index in [0.717, 1.165) is 18.8 Å². The SMILES string of the molecule is CCn1nccc1CNCC(C)(C)O. The van der Waals surface area contributed by atoms with Crippen molar-refractivity contribution < 1.29 is 5.11 Å². The van der Waals surface area contributed by atoms with E-state index < -0.39 is 5.60 Å². The molecular formula is C10H19N3O. The van der Waals surface area contributed by atoms with Crippen LogP contribution in [0.25, 0.3) is 0 Å². The van der Waals surface area contributed by atoms with Gasteiger partial charge in [0.05, 0.1) is 11.3 Å². The van der Waals surface area contributed by atoms with E-state index in [9.17, 15) is 5.11 Å². The van der Waals surface area contributed by atoms with E-state index in [0.29, 0.717) is 6.54 Å². The number of hydrogen-bond donors (Lipinski definition) is 2. The Morgan fingerprint density at radius 3 is 2.86 bits per heavy atom. The summed E-state index contributed by atoms with van der Waals surface area (Å²) < 4.78 is 1.94. The van der Waals surface area contributed by atoms with Gasteiger partial charge in [-0.05, 0) is 26.8 Å². The summed E-state index contributed by atoms with van der Waals surface area (Å²) in [6, 6.07) is 1.99.